The van der Waals surface area contributed by atoms with E-state index in [-0.39, 0.29) is 31.2 Å². The molecular formula is C30H38FN5O6S. The second-order valence-electron chi connectivity index (χ2n) is 10.2. The van der Waals surface area contributed by atoms with Crippen molar-refractivity contribution < 1.29 is 23.4 Å². The van der Waals surface area contributed by atoms with Gasteiger partial charge in [0.25, 0.3) is 5.56 Å². The van der Waals surface area contributed by atoms with Crippen molar-refractivity contribution in [2.45, 2.75) is 65.8 Å². The molecule has 3 heterocycles. The molecular weight excluding hydrogens is 577 g/mol. The zero-order valence-electron chi connectivity index (χ0n) is 25.3. The Morgan fingerprint density at radius 2 is 1.95 bits per heavy atom. The Labute approximate surface area is 252 Å². The molecule has 3 atom stereocenters. The molecule has 1 unspecified atom stereocenters. The smallest absolute Gasteiger partial charge is 0.332 e. The summed E-state index contributed by atoms with van der Waals surface area (Å²) in [7, 11) is 1.47. The van der Waals surface area contributed by atoms with Crippen LogP contribution in [0.2, 0.25) is 0 Å². The molecule has 13 heteroatoms. The number of thiophene rings is 1. The number of rotatable bonds is 14. The van der Waals surface area contributed by atoms with Crippen LogP contribution in [0, 0.1) is 12.7 Å². The second kappa shape index (κ2) is 14.1. The number of ether oxygens (including phenoxy) is 3. The van der Waals surface area contributed by atoms with E-state index in [1.807, 2.05) is 20.8 Å². The molecule has 43 heavy (non-hydrogen) atoms. The van der Waals surface area contributed by atoms with Crippen molar-refractivity contribution in [1.82, 2.24) is 24.2 Å². The number of hydrogen-bond donors (Lipinski definition) is 1. The van der Waals surface area contributed by atoms with Crippen LogP contribution in [0.15, 0.2) is 46.2 Å². The third kappa shape index (κ3) is 6.73. The van der Waals surface area contributed by atoms with Gasteiger partial charge in [0, 0.05) is 36.2 Å². The van der Waals surface area contributed by atoms with Gasteiger partial charge in [0.05, 0.1) is 32.3 Å². The number of carbonyl (C=O) groups is 1. The molecule has 0 bridgehead atoms. The summed E-state index contributed by atoms with van der Waals surface area (Å²) >= 11 is 1.23. The summed E-state index contributed by atoms with van der Waals surface area (Å²) in [6.45, 7) is 9.78. The highest BCUT2D eigenvalue weighted by Gasteiger charge is 2.29. The maximum Gasteiger partial charge on any atom is 0.332 e. The van der Waals surface area contributed by atoms with Crippen molar-refractivity contribution >= 4 is 27.5 Å². The third-order valence-corrected chi connectivity index (χ3v) is 8.64. The fraction of sp³-hybridized carbons (Fsp3) is 0.467. The fourth-order valence-corrected chi connectivity index (χ4v) is 6.05. The highest BCUT2D eigenvalue weighted by molar-refractivity contribution is 7.21. The predicted octanol–water partition coefficient (Wildman–Crippen LogP) is 4.14. The second-order valence-corrected chi connectivity index (χ2v) is 11.1. The van der Waals surface area contributed by atoms with Gasteiger partial charge in [-0.05, 0) is 58.4 Å². The minimum absolute atomic E-state index is 0.0975. The lowest BCUT2D eigenvalue weighted by Gasteiger charge is -2.24. The molecule has 0 aliphatic rings. The summed E-state index contributed by atoms with van der Waals surface area (Å²) in [6, 6.07) is 4.59. The number of nitrogens with one attached hydrogen (secondary N) is 1. The van der Waals surface area contributed by atoms with Crippen molar-refractivity contribution in [3.8, 4) is 10.8 Å². The first-order valence-electron chi connectivity index (χ1n) is 14.2. The molecule has 232 valence electrons. The molecule has 3 aromatic heterocycles. The number of fused-ring (bicyclic) bond motifs is 1. The van der Waals surface area contributed by atoms with Gasteiger partial charge in [0.15, 0.2) is 0 Å². The monoisotopic (exact) mass is 615 g/mol. The van der Waals surface area contributed by atoms with E-state index < -0.39 is 35.1 Å². The van der Waals surface area contributed by atoms with Crippen LogP contribution in [0.3, 0.4) is 0 Å². The van der Waals surface area contributed by atoms with Crippen LogP contribution < -0.4 is 21.3 Å². The first-order valence-corrected chi connectivity index (χ1v) is 15.1. The van der Waals surface area contributed by atoms with E-state index in [0.717, 1.165) is 4.57 Å². The van der Waals surface area contributed by atoms with Crippen molar-refractivity contribution in [3.05, 3.63) is 74.4 Å². The van der Waals surface area contributed by atoms with Crippen molar-refractivity contribution in [2.75, 3.05) is 26.9 Å². The third-order valence-electron chi connectivity index (χ3n) is 7.34. The van der Waals surface area contributed by atoms with Crippen LogP contribution in [-0.4, -0.2) is 57.8 Å². The Balaban J connectivity index is 1.95. The lowest BCUT2D eigenvalue weighted by atomic mass is 10.1. The minimum Gasteiger partial charge on any atom is -0.496 e. The molecule has 1 amide bonds. The number of aryl methyl sites for hydroxylation is 1. The van der Waals surface area contributed by atoms with Crippen molar-refractivity contribution in [1.29, 1.82) is 0 Å². The van der Waals surface area contributed by atoms with E-state index in [2.05, 4.69) is 10.4 Å². The molecule has 0 saturated carbocycles. The van der Waals surface area contributed by atoms with E-state index >= 15 is 0 Å². The summed E-state index contributed by atoms with van der Waals surface area (Å²) in [5.74, 6) is -0.572. The van der Waals surface area contributed by atoms with Crippen LogP contribution in [0.5, 0.6) is 5.75 Å². The molecule has 0 fully saturated rings. The number of benzene rings is 1. The highest BCUT2D eigenvalue weighted by Crippen LogP contribution is 2.34. The van der Waals surface area contributed by atoms with Gasteiger partial charge in [-0.1, -0.05) is 18.3 Å². The van der Waals surface area contributed by atoms with Crippen molar-refractivity contribution in [2.24, 2.45) is 0 Å². The van der Waals surface area contributed by atoms with Gasteiger partial charge >= 0.3 is 5.69 Å². The first kappa shape index (κ1) is 32.1. The van der Waals surface area contributed by atoms with E-state index in [1.165, 1.54) is 48.1 Å². The molecule has 0 radical (unpaired) electrons. The summed E-state index contributed by atoms with van der Waals surface area (Å²) < 4.78 is 35.7. The molecule has 1 N–H and O–H groups in total. The summed E-state index contributed by atoms with van der Waals surface area (Å²) in [5, 5.41) is 8.12. The fourth-order valence-electron chi connectivity index (χ4n) is 4.80. The van der Waals surface area contributed by atoms with E-state index in [4.69, 9.17) is 14.2 Å². The van der Waals surface area contributed by atoms with Gasteiger partial charge in [-0.3, -0.25) is 14.2 Å². The SMILES string of the molecule is CCOCCO[C@@H](Cn1c(=O)n([C@@H](C)C(=O)NC(C)CC)c(=O)c2c(C)c(-n3cccn3)sc21)c1cc(F)ccc1OC. The number of hydrogen-bond acceptors (Lipinski definition) is 8. The molecule has 0 spiro atoms. The Hall–Kier alpha value is -3.81. The Kier molecular flexibility index (Phi) is 10.5. The van der Waals surface area contributed by atoms with Crippen LogP contribution in [0.25, 0.3) is 15.2 Å². The predicted molar refractivity (Wildman–Crippen MR) is 163 cm³/mol. The average molecular weight is 616 g/mol. The zero-order chi connectivity index (χ0) is 31.3. The molecule has 4 aromatic rings. The number of carbonyl (C=O) groups excluding carboxylic acids is 1. The molecule has 0 saturated heterocycles. The van der Waals surface area contributed by atoms with Gasteiger partial charge in [0.1, 0.15) is 33.5 Å². The van der Waals surface area contributed by atoms with Gasteiger partial charge in [-0.25, -0.2) is 18.4 Å². The summed E-state index contributed by atoms with van der Waals surface area (Å²) in [4.78, 5) is 41.8. The normalized spacial score (nSPS) is 13.7. The maximum atomic E-state index is 14.5. The molecule has 0 aliphatic carbocycles. The van der Waals surface area contributed by atoms with E-state index in [0.29, 0.717) is 39.7 Å². The summed E-state index contributed by atoms with van der Waals surface area (Å²) in [6.07, 6.45) is 3.19. The molecule has 11 nitrogen and oxygen atoms in total. The van der Waals surface area contributed by atoms with Crippen LogP contribution in [-0.2, 0) is 20.8 Å². The zero-order valence-corrected chi connectivity index (χ0v) is 26.1. The van der Waals surface area contributed by atoms with E-state index in [9.17, 15) is 18.8 Å². The number of halogens is 1. The minimum atomic E-state index is -1.10. The topological polar surface area (TPSA) is 119 Å². The molecule has 0 aliphatic heterocycles. The van der Waals surface area contributed by atoms with Gasteiger partial charge < -0.3 is 19.5 Å². The first-order chi connectivity index (χ1) is 20.6. The van der Waals surface area contributed by atoms with Gasteiger partial charge in [0.2, 0.25) is 5.91 Å². The number of nitrogens with zero attached hydrogens (tertiary/aromatic N) is 4. The van der Waals surface area contributed by atoms with Gasteiger partial charge in [-0.2, -0.15) is 5.10 Å². The number of methoxy groups -OCH3 is 1. The van der Waals surface area contributed by atoms with Crippen LogP contribution in [0.1, 0.15) is 57.4 Å². The highest BCUT2D eigenvalue weighted by atomic mass is 32.1. The average Bonchev–Trinajstić information content (AvgIpc) is 3.64. The maximum absolute atomic E-state index is 14.5. The molecule has 4 rings (SSSR count). The Morgan fingerprint density at radius 1 is 1.19 bits per heavy atom. The standard InChI is InChI=1S/C30H38FN5O6S/c1-7-18(3)33-26(37)20(5)36-27(38)25-19(4)28(35-13-9-12-32-35)43-29(25)34(30(36)39)17-24(42-15-14-41-8-2)22-16-21(31)10-11-23(22)40-6/h9-13,16,18,20,24H,7-8,14-15,17H2,1-6H3,(H,33,37)/t18?,20-,24-/m0/s1. The Bertz CT molecular complexity index is 1680. The van der Waals surface area contributed by atoms with Crippen LogP contribution >= 0.6 is 11.3 Å². The van der Waals surface area contributed by atoms with Crippen LogP contribution in [0.4, 0.5) is 4.39 Å². The van der Waals surface area contributed by atoms with E-state index in [1.54, 1.807) is 30.1 Å². The lowest BCUT2D eigenvalue weighted by Crippen LogP contribution is -2.47. The van der Waals surface area contributed by atoms with Crippen molar-refractivity contribution in [3.63, 3.8) is 0 Å². The number of aromatic nitrogens is 4. The molecule has 1 aromatic carbocycles. The largest absolute Gasteiger partial charge is 0.496 e. The Morgan fingerprint density at radius 3 is 2.60 bits per heavy atom. The number of amides is 1. The van der Waals surface area contributed by atoms with Gasteiger partial charge in [-0.15, -0.1) is 0 Å². The quantitative estimate of drug-likeness (QED) is 0.212. The summed E-state index contributed by atoms with van der Waals surface area (Å²) in [5.41, 5.74) is -0.262. The lowest BCUT2D eigenvalue weighted by molar-refractivity contribution is -0.124.